The van der Waals surface area contributed by atoms with Crippen LogP contribution in [0.4, 0.5) is 11.5 Å². The normalized spacial score (nSPS) is 18.4. The van der Waals surface area contributed by atoms with E-state index in [4.69, 9.17) is 9.57 Å². The lowest BCUT2D eigenvalue weighted by Crippen LogP contribution is -2.48. The Morgan fingerprint density at radius 1 is 1.26 bits per heavy atom. The lowest BCUT2D eigenvalue weighted by Gasteiger charge is -2.36. The highest BCUT2D eigenvalue weighted by atomic mass is 32.1. The highest BCUT2D eigenvalue weighted by Gasteiger charge is 2.36. The zero-order chi connectivity index (χ0) is 21.4. The molecule has 162 valence electrons. The highest BCUT2D eigenvalue weighted by Crippen LogP contribution is 2.43. The Labute approximate surface area is 184 Å². The number of rotatable bonds is 7. The minimum atomic E-state index is -0.0273. The third kappa shape index (κ3) is 3.52. The average Bonchev–Trinajstić information content (AvgIpc) is 3.40. The molecule has 1 aliphatic carbocycles. The molecule has 0 saturated carbocycles. The van der Waals surface area contributed by atoms with E-state index < -0.39 is 0 Å². The summed E-state index contributed by atoms with van der Waals surface area (Å²) in [6.07, 6.45) is 7.35. The molecule has 8 nitrogen and oxygen atoms in total. The van der Waals surface area contributed by atoms with Crippen LogP contribution in [0.15, 0.2) is 24.7 Å². The van der Waals surface area contributed by atoms with Crippen molar-refractivity contribution in [3.63, 3.8) is 0 Å². The molecule has 9 heteroatoms. The predicted octanol–water partition coefficient (Wildman–Crippen LogP) is 4.50. The number of methoxy groups -OCH3 is 1. The second kappa shape index (κ2) is 8.07. The number of hydrogen-bond donors (Lipinski definition) is 3. The molecule has 0 bridgehead atoms. The van der Waals surface area contributed by atoms with E-state index in [1.165, 1.54) is 10.4 Å². The fourth-order valence-electron chi connectivity index (χ4n) is 4.35. The largest absolute Gasteiger partial charge is 0.494 e. The number of aryl methyl sites for hydroxylation is 1. The van der Waals surface area contributed by atoms with Gasteiger partial charge in [0.05, 0.1) is 36.5 Å². The van der Waals surface area contributed by atoms with Crippen LogP contribution >= 0.6 is 11.3 Å². The first-order valence-corrected chi connectivity index (χ1v) is 11.4. The minimum Gasteiger partial charge on any atom is -0.494 e. The zero-order valence-electron chi connectivity index (χ0n) is 17.9. The second-order valence-corrected chi connectivity index (χ2v) is 8.97. The lowest BCUT2D eigenvalue weighted by molar-refractivity contribution is -0.0241. The van der Waals surface area contributed by atoms with Crippen LogP contribution < -0.4 is 15.5 Å². The topological polar surface area (TPSA) is 97.0 Å². The summed E-state index contributed by atoms with van der Waals surface area (Å²) in [4.78, 5) is 17.1. The summed E-state index contributed by atoms with van der Waals surface area (Å²) in [5.74, 6) is 1.55. The molecule has 1 atom stereocenters. The summed E-state index contributed by atoms with van der Waals surface area (Å²) in [6, 6.07) is 3.97. The van der Waals surface area contributed by atoms with E-state index in [-0.39, 0.29) is 5.54 Å². The minimum absolute atomic E-state index is 0.0273. The van der Waals surface area contributed by atoms with E-state index in [1.54, 1.807) is 31.0 Å². The first-order valence-electron chi connectivity index (χ1n) is 10.6. The predicted molar refractivity (Wildman–Crippen MR) is 123 cm³/mol. The molecule has 1 unspecified atom stereocenters. The number of ether oxygens (including phenoxy) is 1. The fraction of sp³-hybridized carbons (Fsp3) is 0.409. The molecular formula is C22H26N6O2S. The summed E-state index contributed by atoms with van der Waals surface area (Å²) < 4.78 is 5.61. The fourth-order valence-corrected chi connectivity index (χ4v) is 5.68. The van der Waals surface area contributed by atoms with Crippen LogP contribution in [0.3, 0.4) is 0 Å². The van der Waals surface area contributed by atoms with E-state index in [1.807, 2.05) is 19.1 Å². The van der Waals surface area contributed by atoms with Gasteiger partial charge in [-0.05, 0) is 37.8 Å². The van der Waals surface area contributed by atoms with Gasteiger partial charge in [-0.2, -0.15) is 10.6 Å². The number of benzene rings is 1. The van der Waals surface area contributed by atoms with Crippen molar-refractivity contribution in [2.75, 3.05) is 19.0 Å². The third-order valence-electron chi connectivity index (χ3n) is 6.15. The van der Waals surface area contributed by atoms with E-state index in [0.29, 0.717) is 6.61 Å². The number of nitrogens with zero attached hydrogens (tertiary/aromatic N) is 3. The van der Waals surface area contributed by atoms with Crippen LogP contribution in [0.25, 0.3) is 21.1 Å². The Kier molecular flexibility index (Phi) is 5.25. The van der Waals surface area contributed by atoms with Gasteiger partial charge in [0, 0.05) is 28.3 Å². The van der Waals surface area contributed by atoms with Crippen LogP contribution in [-0.2, 0) is 17.7 Å². The maximum atomic E-state index is 5.61. The molecule has 0 amide bonds. The van der Waals surface area contributed by atoms with Gasteiger partial charge >= 0.3 is 0 Å². The van der Waals surface area contributed by atoms with Crippen molar-refractivity contribution in [3.8, 4) is 5.75 Å². The molecule has 3 aromatic heterocycles. The Morgan fingerprint density at radius 3 is 2.97 bits per heavy atom. The number of aromatic nitrogens is 4. The number of thiophene rings is 1. The SMILES string of the molecule is CCONC1(CC)CCc2c(sc3ncnc(Nc4cc5cn[nH]c5cc4OC)c23)C1. The standard InChI is InChI=1S/C22H26N6O2S/c1-4-22(28-30-5-2)7-6-14-18(10-22)31-21-19(14)20(23-12-24-21)26-16-8-13-11-25-27-15(13)9-17(16)29-3/h8-9,11-12,28H,4-7,10H2,1-3H3,(H,25,27)(H,23,24,26). The van der Waals surface area contributed by atoms with Gasteiger partial charge in [-0.1, -0.05) is 6.92 Å². The van der Waals surface area contributed by atoms with Gasteiger partial charge in [0.2, 0.25) is 0 Å². The summed E-state index contributed by atoms with van der Waals surface area (Å²) >= 11 is 1.76. The Hall–Kier alpha value is -2.75. The number of hydrogen-bond acceptors (Lipinski definition) is 8. The van der Waals surface area contributed by atoms with Gasteiger partial charge in [-0.3, -0.25) is 5.10 Å². The summed E-state index contributed by atoms with van der Waals surface area (Å²) in [7, 11) is 1.67. The molecule has 0 aliphatic heterocycles. The maximum absolute atomic E-state index is 5.61. The first kappa shape index (κ1) is 20.2. The number of hydroxylamine groups is 1. The smallest absolute Gasteiger partial charge is 0.144 e. The van der Waals surface area contributed by atoms with Gasteiger partial charge in [0.25, 0.3) is 0 Å². The third-order valence-corrected chi connectivity index (χ3v) is 7.29. The molecule has 3 N–H and O–H groups in total. The van der Waals surface area contributed by atoms with E-state index in [0.717, 1.165) is 64.1 Å². The van der Waals surface area contributed by atoms with Crippen molar-refractivity contribution in [2.45, 2.75) is 45.1 Å². The van der Waals surface area contributed by atoms with Crippen molar-refractivity contribution in [1.29, 1.82) is 0 Å². The van der Waals surface area contributed by atoms with Crippen LogP contribution in [0, 0.1) is 0 Å². The Balaban J connectivity index is 1.54. The molecule has 31 heavy (non-hydrogen) atoms. The molecule has 0 spiro atoms. The Morgan fingerprint density at radius 2 is 2.16 bits per heavy atom. The molecule has 0 fully saturated rings. The molecular weight excluding hydrogens is 412 g/mol. The molecule has 0 saturated heterocycles. The maximum Gasteiger partial charge on any atom is 0.144 e. The van der Waals surface area contributed by atoms with E-state index in [9.17, 15) is 0 Å². The van der Waals surface area contributed by atoms with Crippen molar-refractivity contribution in [3.05, 3.63) is 35.1 Å². The summed E-state index contributed by atoms with van der Waals surface area (Å²) in [6.45, 7) is 4.88. The Bertz CT molecular complexity index is 1240. The highest BCUT2D eigenvalue weighted by molar-refractivity contribution is 7.19. The zero-order valence-corrected chi connectivity index (χ0v) is 18.7. The molecule has 5 rings (SSSR count). The second-order valence-electron chi connectivity index (χ2n) is 7.89. The van der Waals surface area contributed by atoms with Crippen LogP contribution in [0.1, 0.15) is 37.1 Å². The molecule has 1 aliphatic rings. The monoisotopic (exact) mass is 438 g/mol. The quantitative estimate of drug-likeness (QED) is 0.366. The van der Waals surface area contributed by atoms with Gasteiger partial charge in [-0.25, -0.2) is 9.97 Å². The number of nitrogens with one attached hydrogen (secondary N) is 3. The van der Waals surface area contributed by atoms with Crippen molar-refractivity contribution in [1.82, 2.24) is 25.6 Å². The van der Waals surface area contributed by atoms with E-state index >= 15 is 0 Å². The van der Waals surface area contributed by atoms with Crippen LogP contribution in [-0.4, -0.2) is 39.4 Å². The van der Waals surface area contributed by atoms with Crippen LogP contribution in [0.5, 0.6) is 5.75 Å². The number of anilines is 2. The summed E-state index contributed by atoms with van der Waals surface area (Å²) in [5.41, 5.74) is 6.43. The molecule has 3 heterocycles. The van der Waals surface area contributed by atoms with Gasteiger partial charge < -0.3 is 14.9 Å². The number of aromatic amines is 1. The van der Waals surface area contributed by atoms with Crippen molar-refractivity contribution in [2.24, 2.45) is 0 Å². The van der Waals surface area contributed by atoms with Crippen molar-refractivity contribution < 1.29 is 9.57 Å². The van der Waals surface area contributed by atoms with Crippen molar-refractivity contribution >= 4 is 44.0 Å². The first-order chi connectivity index (χ1) is 15.2. The van der Waals surface area contributed by atoms with Crippen LogP contribution in [0.2, 0.25) is 0 Å². The van der Waals surface area contributed by atoms with Gasteiger partial charge in [-0.15, -0.1) is 11.3 Å². The number of fused-ring (bicyclic) bond motifs is 4. The van der Waals surface area contributed by atoms with Gasteiger partial charge in [0.1, 0.15) is 22.7 Å². The molecule has 4 aromatic rings. The molecule has 1 aromatic carbocycles. The average molecular weight is 439 g/mol. The van der Waals surface area contributed by atoms with Gasteiger partial charge in [0.15, 0.2) is 0 Å². The lowest BCUT2D eigenvalue weighted by atomic mass is 9.80. The number of H-pyrrole nitrogens is 1. The molecule has 0 radical (unpaired) electrons. The van der Waals surface area contributed by atoms with E-state index in [2.05, 4.69) is 37.9 Å². The summed E-state index contributed by atoms with van der Waals surface area (Å²) in [5, 5.41) is 12.7.